The normalized spacial score (nSPS) is 11.7. The van der Waals surface area contributed by atoms with Crippen molar-refractivity contribution in [2.75, 3.05) is 7.11 Å². The molecule has 1 N–H and O–H groups in total. The summed E-state index contributed by atoms with van der Waals surface area (Å²) < 4.78 is 5.22. The smallest absolute Gasteiger partial charge is 0.118 e. The lowest BCUT2D eigenvalue weighted by Gasteiger charge is -2.05. The Labute approximate surface area is 193 Å². The van der Waals surface area contributed by atoms with Crippen molar-refractivity contribution in [3.05, 3.63) is 119 Å². The third-order valence-electron chi connectivity index (χ3n) is 5.79. The van der Waals surface area contributed by atoms with Crippen LogP contribution in [-0.4, -0.2) is 12.2 Å². The van der Waals surface area contributed by atoms with Crippen LogP contribution in [0.25, 0.3) is 45.8 Å². The number of methoxy groups -OCH3 is 1. The second kappa shape index (κ2) is 9.05. The van der Waals surface area contributed by atoms with E-state index in [1.807, 2.05) is 24.3 Å². The van der Waals surface area contributed by atoms with Crippen LogP contribution in [-0.2, 0) is 0 Å². The summed E-state index contributed by atoms with van der Waals surface area (Å²) in [4.78, 5) is 0. The van der Waals surface area contributed by atoms with Crippen LogP contribution < -0.4 is 4.74 Å². The molecule has 0 unspecified atom stereocenters. The maximum Gasteiger partial charge on any atom is 0.118 e. The predicted octanol–water partition coefficient (Wildman–Crippen LogP) is 8.05. The van der Waals surface area contributed by atoms with Gasteiger partial charge in [0.1, 0.15) is 11.5 Å². The van der Waals surface area contributed by atoms with E-state index in [2.05, 4.69) is 85.0 Å². The van der Waals surface area contributed by atoms with Gasteiger partial charge in [-0.25, -0.2) is 0 Å². The number of ether oxygens (including phenoxy) is 1. The molecule has 0 amide bonds. The fourth-order valence-corrected chi connectivity index (χ4v) is 3.93. The fraction of sp³-hybridized carbons (Fsp3) is 0.0323. The van der Waals surface area contributed by atoms with Gasteiger partial charge in [0, 0.05) is 0 Å². The largest absolute Gasteiger partial charge is 0.508 e. The Balaban J connectivity index is 1.40. The van der Waals surface area contributed by atoms with Gasteiger partial charge in [-0.1, -0.05) is 72.8 Å². The van der Waals surface area contributed by atoms with Gasteiger partial charge in [0.15, 0.2) is 0 Å². The second-order valence-electron chi connectivity index (χ2n) is 8.10. The summed E-state index contributed by atoms with van der Waals surface area (Å²) in [7, 11) is 1.68. The minimum atomic E-state index is 0.282. The number of fused-ring (bicyclic) bond motifs is 2. The molecule has 5 aromatic carbocycles. The molecule has 0 saturated carbocycles. The van der Waals surface area contributed by atoms with Crippen LogP contribution >= 0.6 is 0 Å². The Morgan fingerprint density at radius 2 is 0.909 bits per heavy atom. The first-order valence-corrected chi connectivity index (χ1v) is 10.9. The standard InChI is InChI=1S/C31H24O2/c1-33-31-16-10-23(11-17-31)3-5-25-7-13-27-20-28-18-24(6-12-26(28)21-29(27)19-25)4-2-22-8-14-30(32)15-9-22/h2-21,32H,1H3/b4-2+,5-3+. The van der Waals surface area contributed by atoms with Crippen LogP contribution in [0.2, 0.25) is 0 Å². The van der Waals surface area contributed by atoms with Crippen molar-refractivity contribution in [2.24, 2.45) is 0 Å². The molecule has 0 spiro atoms. The molecule has 0 aliphatic carbocycles. The Kier molecular flexibility index (Phi) is 5.65. The average molecular weight is 429 g/mol. The minimum absolute atomic E-state index is 0.282. The van der Waals surface area contributed by atoms with E-state index < -0.39 is 0 Å². The van der Waals surface area contributed by atoms with Crippen LogP contribution in [0.5, 0.6) is 11.5 Å². The molecule has 0 heterocycles. The third-order valence-corrected chi connectivity index (χ3v) is 5.79. The molecule has 160 valence electrons. The summed E-state index contributed by atoms with van der Waals surface area (Å²) in [6.45, 7) is 0. The van der Waals surface area contributed by atoms with Gasteiger partial charge in [-0.3, -0.25) is 0 Å². The molecule has 2 nitrogen and oxygen atoms in total. The van der Waals surface area contributed by atoms with Crippen LogP contribution in [0.1, 0.15) is 22.3 Å². The lowest BCUT2D eigenvalue weighted by Crippen LogP contribution is -1.82. The molecule has 0 fully saturated rings. The molecular weight excluding hydrogens is 404 g/mol. The van der Waals surface area contributed by atoms with E-state index in [0.717, 1.165) is 22.4 Å². The van der Waals surface area contributed by atoms with E-state index in [0.29, 0.717) is 0 Å². The predicted molar refractivity (Wildman–Crippen MR) is 140 cm³/mol. The molecule has 0 bridgehead atoms. The van der Waals surface area contributed by atoms with Crippen molar-refractivity contribution < 1.29 is 9.84 Å². The third kappa shape index (κ3) is 4.81. The first-order valence-electron chi connectivity index (χ1n) is 10.9. The molecule has 0 aliphatic heterocycles. The maximum absolute atomic E-state index is 9.43. The van der Waals surface area contributed by atoms with Crippen LogP contribution in [0.3, 0.4) is 0 Å². The van der Waals surface area contributed by atoms with Gasteiger partial charge < -0.3 is 9.84 Å². The summed E-state index contributed by atoms with van der Waals surface area (Å²) in [6.07, 6.45) is 8.42. The van der Waals surface area contributed by atoms with E-state index in [9.17, 15) is 5.11 Å². The fourth-order valence-electron chi connectivity index (χ4n) is 3.93. The highest BCUT2D eigenvalue weighted by molar-refractivity contribution is 6.00. The highest BCUT2D eigenvalue weighted by atomic mass is 16.5. The van der Waals surface area contributed by atoms with Gasteiger partial charge in [0.25, 0.3) is 0 Å². The van der Waals surface area contributed by atoms with Crippen molar-refractivity contribution in [2.45, 2.75) is 0 Å². The summed E-state index contributed by atoms with van der Waals surface area (Å²) in [6, 6.07) is 32.9. The van der Waals surface area contributed by atoms with Crippen molar-refractivity contribution in [3.63, 3.8) is 0 Å². The number of hydrogen-bond acceptors (Lipinski definition) is 2. The molecule has 0 aromatic heterocycles. The molecule has 5 rings (SSSR count). The van der Waals surface area contributed by atoms with Gasteiger partial charge >= 0.3 is 0 Å². The first-order chi connectivity index (χ1) is 16.2. The number of rotatable bonds is 5. The first kappa shape index (κ1) is 20.6. The van der Waals surface area contributed by atoms with Crippen molar-refractivity contribution in [3.8, 4) is 11.5 Å². The zero-order chi connectivity index (χ0) is 22.6. The van der Waals surface area contributed by atoms with Gasteiger partial charge in [-0.05, 0) is 92.3 Å². The number of aromatic hydroxyl groups is 1. The Morgan fingerprint density at radius 3 is 1.39 bits per heavy atom. The zero-order valence-electron chi connectivity index (χ0n) is 18.4. The maximum atomic E-state index is 9.43. The van der Waals surface area contributed by atoms with Gasteiger partial charge in [-0.15, -0.1) is 0 Å². The molecule has 2 heteroatoms. The van der Waals surface area contributed by atoms with E-state index in [4.69, 9.17) is 4.74 Å². The van der Waals surface area contributed by atoms with E-state index >= 15 is 0 Å². The average Bonchev–Trinajstić information content (AvgIpc) is 2.86. The van der Waals surface area contributed by atoms with Gasteiger partial charge in [0.2, 0.25) is 0 Å². The van der Waals surface area contributed by atoms with E-state index in [1.54, 1.807) is 19.2 Å². The highest BCUT2D eigenvalue weighted by Crippen LogP contribution is 2.26. The summed E-state index contributed by atoms with van der Waals surface area (Å²) >= 11 is 0. The monoisotopic (exact) mass is 428 g/mol. The minimum Gasteiger partial charge on any atom is -0.508 e. The van der Waals surface area contributed by atoms with Crippen molar-refractivity contribution in [1.82, 2.24) is 0 Å². The topological polar surface area (TPSA) is 29.5 Å². The SMILES string of the molecule is COc1ccc(/C=C/c2ccc3cc4cc(/C=C/c5ccc(O)cc5)ccc4cc3c2)cc1. The molecule has 0 radical (unpaired) electrons. The Morgan fingerprint density at radius 1 is 0.485 bits per heavy atom. The Bertz CT molecular complexity index is 1470. The molecule has 33 heavy (non-hydrogen) atoms. The highest BCUT2D eigenvalue weighted by Gasteiger charge is 2.01. The lowest BCUT2D eigenvalue weighted by molar-refractivity contribution is 0.415. The quantitative estimate of drug-likeness (QED) is 0.227. The van der Waals surface area contributed by atoms with Gasteiger partial charge in [0.05, 0.1) is 7.11 Å². The molecular formula is C31H24O2. The van der Waals surface area contributed by atoms with Gasteiger partial charge in [-0.2, -0.15) is 0 Å². The number of hydrogen-bond donors (Lipinski definition) is 1. The van der Waals surface area contributed by atoms with Crippen LogP contribution in [0, 0.1) is 0 Å². The molecule has 0 aliphatic rings. The zero-order valence-corrected chi connectivity index (χ0v) is 18.4. The van der Waals surface area contributed by atoms with Crippen molar-refractivity contribution >= 4 is 45.8 Å². The Hall–Kier alpha value is -4.30. The number of phenolic OH excluding ortho intramolecular Hbond substituents is 1. The van der Waals surface area contributed by atoms with Crippen LogP contribution in [0.15, 0.2) is 97.1 Å². The summed E-state index contributed by atoms with van der Waals surface area (Å²) in [5.41, 5.74) is 4.52. The molecule has 0 saturated heterocycles. The van der Waals surface area contributed by atoms with E-state index in [-0.39, 0.29) is 5.75 Å². The van der Waals surface area contributed by atoms with E-state index in [1.165, 1.54) is 27.1 Å². The summed E-state index contributed by atoms with van der Waals surface area (Å²) in [5, 5.41) is 14.3. The molecule has 5 aromatic rings. The van der Waals surface area contributed by atoms with Crippen LogP contribution in [0.4, 0.5) is 0 Å². The lowest BCUT2D eigenvalue weighted by atomic mass is 9.99. The molecule has 0 atom stereocenters. The van der Waals surface area contributed by atoms with Crippen molar-refractivity contribution in [1.29, 1.82) is 0 Å². The second-order valence-corrected chi connectivity index (χ2v) is 8.10. The summed E-state index contributed by atoms with van der Waals surface area (Å²) in [5.74, 6) is 1.15. The number of phenols is 1. The number of benzene rings is 5.